The van der Waals surface area contributed by atoms with Crippen LogP contribution in [0.25, 0.3) is 32.7 Å². The molecule has 3 aromatic carbocycles. The molecule has 0 saturated heterocycles. The molecular weight excluding hydrogens is 629 g/mol. The fraction of sp³-hybridized carbons (Fsp3) is 0.417. The van der Waals surface area contributed by atoms with Crippen molar-refractivity contribution < 1.29 is 27.9 Å². The third kappa shape index (κ3) is 7.81. The number of benzene rings is 3. The lowest BCUT2D eigenvalue weighted by atomic mass is 9.94. The fourth-order valence-electron chi connectivity index (χ4n) is 5.83. The van der Waals surface area contributed by atoms with E-state index in [1.165, 1.54) is 0 Å². The van der Waals surface area contributed by atoms with Crippen LogP contribution < -0.4 is 15.3 Å². The average molecular weight is 676 g/mol. The van der Waals surface area contributed by atoms with Crippen molar-refractivity contribution in [2.24, 2.45) is 0 Å². The Morgan fingerprint density at radius 3 is 2.48 bits per heavy atom. The first-order valence-corrected chi connectivity index (χ1v) is 18.1. The van der Waals surface area contributed by atoms with Gasteiger partial charge >= 0.3 is 13.7 Å². The standard InChI is InChI=1S/C36H46N5O6P/c1-7-9-20-36(6,41-31(22-44-8-2)39-32-33(41)29-16-12-13-17-30(29)38-34(32)37)23-45-48(43,40-25(5)35(42)46-24(3)4)47-28-19-18-26-14-10-11-15-27(26)21-28/h10-19,21,24-25H,7-9,20,22-23H2,1-6H3,(H2,37,38)(H,40,43)/t25-,36+,48-/m0/s1. The summed E-state index contributed by atoms with van der Waals surface area (Å²) in [5.41, 5.74) is 7.76. The SMILES string of the molecule is CCCC[C@](C)(CO[P@@](=O)(N[C@@H](C)C(=O)OC(C)C)Oc1ccc2ccccc2c1)n1c(COCC)nc2c(N)nc3ccccc3c21. The van der Waals surface area contributed by atoms with Gasteiger partial charge in [-0.25, -0.2) is 14.5 Å². The van der Waals surface area contributed by atoms with Crippen LogP contribution in [0.15, 0.2) is 66.7 Å². The van der Waals surface area contributed by atoms with Gasteiger partial charge in [-0.3, -0.25) is 9.32 Å². The smallest absolute Gasteiger partial charge is 0.459 e. The van der Waals surface area contributed by atoms with Crippen LogP contribution >= 0.6 is 7.75 Å². The number of unbranched alkanes of at least 4 members (excludes halogenated alkanes) is 1. The summed E-state index contributed by atoms with van der Waals surface area (Å²) in [5.74, 6) is 0.715. The van der Waals surface area contributed by atoms with Crippen LogP contribution in [0.1, 0.15) is 66.6 Å². The number of carbonyl (C=O) groups excluding carboxylic acids is 1. The summed E-state index contributed by atoms with van der Waals surface area (Å²) >= 11 is 0. The van der Waals surface area contributed by atoms with Gasteiger partial charge in [0.2, 0.25) is 0 Å². The van der Waals surface area contributed by atoms with Gasteiger partial charge in [0.05, 0.1) is 29.3 Å². The molecule has 0 fully saturated rings. The minimum atomic E-state index is -4.21. The highest BCUT2D eigenvalue weighted by Crippen LogP contribution is 2.48. The number of para-hydroxylation sites is 1. The molecule has 0 spiro atoms. The van der Waals surface area contributed by atoms with E-state index in [2.05, 4.69) is 21.6 Å². The van der Waals surface area contributed by atoms with E-state index in [4.69, 9.17) is 29.2 Å². The average Bonchev–Trinajstić information content (AvgIpc) is 3.46. The predicted molar refractivity (Wildman–Crippen MR) is 190 cm³/mol. The van der Waals surface area contributed by atoms with Gasteiger partial charge in [-0.1, -0.05) is 68.3 Å². The Hall–Kier alpha value is -4.02. The summed E-state index contributed by atoms with van der Waals surface area (Å²) in [4.78, 5) is 22.4. The maximum absolute atomic E-state index is 14.8. The largest absolute Gasteiger partial charge is 0.462 e. The summed E-state index contributed by atoms with van der Waals surface area (Å²) in [6.45, 7) is 11.8. The van der Waals surface area contributed by atoms with Crippen molar-refractivity contribution in [3.8, 4) is 5.75 Å². The van der Waals surface area contributed by atoms with E-state index in [1.807, 2.05) is 68.4 Å². The minimum Gasteiger partial charge on any atom is -0.462 e. The van der Waals surface area contributed by atoms with Crippen molar-refractivity contribution in [1.82, 2.24) is 19.6 Å². The summed E-state index contributed by atoms with van der Waals surface area (Å²) in [6, 6.07) is 20.0. The number of pyridine rings is 1. The number of ether oxygens (including phenoxy) is 2. The lowest BCUT2D eigenvalue weighted by Crippen LogP contribution is -2.40. The molecule has 5 aromatic rings. The Bertz CT molecular complexity index is 1950. The zero-order valence-electron chi connectivity index (χ0n) is 28.6. The number of aromatic nitrogens is 3. The maximum atomic E-state index is 14.8. The van der Waals surface area contributed by atoms with Gasteiger partial charge in [0, 0.05) is 12.0 Å². The number of nitrogens with zero attached hydrogens (tertiary/aromatic N) is 3. The molecule has 48 heavy (non-hydrogen) atoms. The Morgan fingerprint density at radius 2 is 1.75 bits per heavy atom. The van der Waals surface area contributed by atoms with E-state index in [0.717, 1.165) is 40.0 Å². The molecule has 256 valence electrons. The van der Waals surface area contributed by atoms with Crippen LogP contribution in [-0.4, -0.2) is 45.9 Å². The van der Waals surface area contributed by atoms with Gasteiger partial charge in [-0.05, 0) is 70.0 Å². The molecule has 0 bridgehead atoms. The molecule has 0 amide bonds. The van der Waals surface area contributed by atoms with Crippen LogP contribution in [0, 0.1) is 0 Å². The molecule has 0 aliphatic carbocycles. The number of nitrogens with two attached hydrogens (primary N) is 1. The van der Waals surface area contributed by atoms with Crippen LogP contribution in [0.4, 0.5) is 5.82 Å². The molecule has 12 heteroatoms. The zero-order valence-corrected chi connectivity index (χ0v) is 29.5. The molecule has 0 unspecified atom stereocenters. The van der Waals surface area contributed by atoms with Gasteiger partial charge in [-0.2, -0.15) is 5.09 Å². The second-order valence-corrected chi connectivity index (χ2v) is 14.2. The highest BCUT2D eigenvalue weighted by molar-refractivity contribution is 7.52. The molecule has 0 aliphatic heterocycles. The van der Waals surface area contributed by atoms with Gasteiger partial charge in [-0.15, -0.1) is 0 Å². The first kappa shape index (κ1) is 35.3. The van der Waals surface area contributed by atoms with Gasteiger partial charge in [0.1, 0.15) is 29.7 Å². The molecule has 5 rings (SSSR count). The van der Waals surface area contributed by atoms with Crippen LogP contribution in [-0.2, 0) is 35.5 Å². The molecule has 0 radical (unpaired) electrons. The van der Waals surface area contributed by atoms with E-state index in [1.54, 1.807) is 32.9 Å². The van der Waals surface area contributed by atoms with Crippen LogP contribution in [0.3, 0.4) is 0 Å². The third-order valence-electron chi connectivity index (χ3n) is 8.18. The third-order valence-corrected chi connectivity index (χ3v) is 9.81. The van der Waals surface area contributed by atoms with Crippen LogP contribution in [0.5, 0.6) is 5.75 Å². The quantitative estimate of drug-likeness (QED) is 0.0784. The van der Waals surface area contributed by atoms with Crippen molar-refractivity contribution in [3.63, 3.8) is 0 Å². The van der Waals surface area contributed by atoms with Crippen molar-refractivity contribution in [3.05, 3.63) is 72.6 Å². The summed E-state index contributed by atoms with van der Waals surface area (Å²) in [5, 5.41) is 5.64. The first-order valence-electron chi connectivity index (χ1n) is 16.5. The number of fused-ring (bicyclic) bond motifs is 4. The van der Waals surface area contributed by atoms with E-state index >= 15 is 0 Å². The monoisotopic (exact) mass is 675 g/mol. The molecule has 2 heterocycles. The van der Waals surface area contributed by atoms with E-state index in [-0.39, 0.29) is 19.3 Å². The lowest BCUT2D eigenvalue weighted by Gasteiger charge is -2.35. The van der Waals surface area contributed by atoms with Crippen LogP contribution in [0.2, 0.25) is 0 Å². The second kappa shape index (κ2) is 15.0. The number of carbonyl (C=O) groups is 1. The lowest BCUT2D eigenvalue weighted by molar-refractivity contribution is -0.149. The van der Waals surface area contributed by atoms with Crippen molar-refractivity contribution in [1.29, 1.82) is 0 Å². The van der Waals surface area contributed by atoms with Crippen molar-refractivity contribution in [2.45, 2.75) is 85.1 Å². The molecule has 3 atom stereocenters. The number of nitrogen functional groups attached to an aromatic ring is 1. The highest BCUT2D eigenvalue weighted by atomic mass is 31.2. The molecule has 0 saturated carbocycles. The molecule has 11 nitrogen and oxygen atoms in total. The Balaban J connectivity index is 1.59. The topological polar surface area (TPSA) is 140 Å². The normalized spacial score (nSPS) is 15.1. The summed E-state index contributed by atoms with van der Waals surface area (Å²) in [6.07, 6.45) is 2.04. The number of hydrogen-bond acceptors (Lipinski definition) is 9. The number of nitrogens with one attached hydrogen (secondary N) is 1. The van der Waals surface area contributed by atoms with Gasteiger partial charge in [0.25, 0.3) is 0 Å². The first-order chi connectivity index (χ1) is 23.0. The molecule has 2 aromatic heterocycles. The summed E-state index contributed by atoms with van der Waals surface area (Å²) < 4.78 is 40.7. The number of rotatable bonds is 16. The second-order valence-electron chi connectivity index (χ2n) is 12.5. The van der Waals surface area contributed by atoms with Crippen molar-refractivity contribution >= 4 is 52.2 Å². The van der Waals surface area contributed by atoms with Gasteiger partial charge in [0.15, 0.2) is 5.82 Å². The summed E-state index contributed by atoms with van der Waals surface area (Å²) in [7, 11) is -4.21. The molecule has 0 aliphatic rings. The fourth-order valence-corrected chi connectivity index (χ4v) is 7.43. The van der Waals surface area contributed by atoms with E-state index in [9.17, 15) is 9.36 Å². The Labute approximate surface area is 281 Å². The van der Waals surface area contributed by atoms with Gasteiger partial charge < -0.3 is 24.3 Å². The Kier molecular flexibility index (Phi) is 11.1. The Morgan fingerprint density at radius 1 is 1.02 bits per heavy atom. The number of hydrogen-bond donors (Lipinski definition) is 2. The minimum absolute atomic E-state index is 0.0576. The highest BCUT2D eigenvalue weighted by Gasteiger charge is 2.39. The maximum Gasteiger partial charge on any atom is 0.459 e. The number of anilines is 1. The number of esters is 1. The molecular formula is C36H46N5O6P. The molecule has 3 N–H and O–H groups in total. The predicted octanol–water partition coefficient (Wildman–Crippen LogP) is 7.90. The van der Waals surface area contributed by atoms with Crippen molar-refractivity contribution in [2.75, 3.05) is 18.9 Å². The zero-order chi connectivity index (χ0) is 34.5. The van der Waals surface area contributed by atoms with E-state index in [0.29, 0.717) is 35.9 Å². The number of imidazole rings is 1. The van der Waals surface area contributed by atoms with E-state index < -0.39 is 25.3 Å².